The maximum Gasteiger partial charge on any atom is 0.336 e. The van der Waals surface area contributed by atoms with Gasteiger partial charge in [-0.1, -0.05) is 6.92 Å². The molecule has 0 aliphatic carbocycles. The topological polar surface area (TPSA) is 72.8 Å². The Bertz CT molecular complexity index is 269. The third-order valence-corrected chi connectivity index (χ3v) is 4.96. The van der Waals surface area contributed by atoms with Gasteiger partial charge in [0.1, 0.15) is 5.78 Å². The highest BCUT2D eigenvalue weighted by Gasteiger charge is 2.40. The first-order chi connectivity index (χ1) is 7.91. The molecule has 17 heavy (non-hydrogen) atoms. The number of Topliss-reactive ketones (excluding diaryl/α,β-unsaturated/α-hetero) is 1. The molecule has 0 radical (unpaired) electrons. The lowest BCUT2D eigenvalue weighted by atomic mass is 10.1. The van der Waals surface area contributed by atoms with Crippen molar-refractivity contribution in [2.45, 2.75) is 52.3 Å². The zero-order valence-electron chi connectivity index (χ0n) is 11.0. The Morgan fingerprint density at radius 3 is 2.00 bits per heavy atom. The second-order valence-electron chi connectivity index (χ2n) is 3.82. The summed E-state index contributed by atoms with van der Waals surface area (Å²) in [7, 11) is -3.43. The standard InChI is InChI=1S/C11H23O5P/c1-5-10(13)11(8-9(4)12)17(14,15-6-2)16-7-3/h10-11,13H,5-8H2,1-4H3. The Morgan fingerprint density at radius 2 is 1.71 bits per heavy atom. The Morgan fingerprint density at radius 1 is 1.24 bits per heavy atom. The van der Waals surface area contributed by atoms with Crippen molar-refractivity contribution in [2.24, 2.45) is 0 Å². The van der Waals surface area contributed by atoms with Crippen LogP contribution in [0.25, 0.3) is 0 Å². The maximum absolute atomic E-state index is 12.5. The fourth-order valence-electron chi connectivity index (χ4n) is 1.61. The van der Waals surface area contributed by atoms with Crippen LogP contribution in [-0.4, -0.2) is 35.9 Å². The van der Waals surface area contributed by atoms with Crippen LogP contribution in [0.4, 0.5) is 0 Å². The fourth-order valence-corrected chi connectivity index (χ4v) is 3.90. The number of rotatable bonds is 9. The summed E-state index contributed by atoms with van der Waals surface area (Å²) in [6, 6.07) is 0. The highest BCUT2D eigenvalue weighted by atomic mass is 31.2. The summed E-state index contributed by atoms with van der Waals surface area (Å²) in [6.07, 6.45) is -0.447. The molecule has 1 N–H and O–H groups in total. The number of aliphatic hydroxyl groups excluding tert-OH is 1. The molecular formula is C11H23O5P. The van der Waals surface area contributed by atoms with Crippen molar-refractivity contribution in [3.05, 3.63) is 0 Å². The summed E-state index contributed by atoms with van der Waals surface area (Å²) >= 11 is 0. The van der Waals surface area contributed by atoms with Crippen LogP contribution < -0.4 is 0 Å². The van der Waals surface area contributed by atoms with E-state index in [1.165, 1.54) is 6.92 Å². The molecule has 102 valence electrons. The second kappa shape index (κ2) is 7.98. The number of hydrogen-bond acceptors (Lipinski definition) is 5. The summed E-state index contributed by atoms with van der Waals surface area (Å²) in [4.78, 5) is 11.2. The predicted octanol–water partition coefficient (Wildman–Crippen LogP) is 2.37. The SMILES string of the molecule is CCOP(=O)(OCC)C(CC(C)=O)C(O)CC. The van der Waals surface area contributed by atoms with Gasteiger partial charge in [-0.3, -0.25) is 9.36 Å². The van der Waals surface area contributed by atoms with E-state index in [9.17, 15) is 14.5 Å². The Kier molecular flexibility index (Phi) is 7.88. The average molecular weight is 266 g/mol. The summed E-state index contributed by atoms with van der Waals surface area (Å²) in [5.74, 6) is -0.137. The Balaban J connectivity index is 5.05. The molecule has 0 aromatic carbocycles. The molecule has 0 saturated carbocycles. The number of carbonyl (C=O) groups is 1. The van der Waals surface area contributed by atoms with Gasteiger partial charge in [0, 0.05) is 6.42 Å². The van der Waals surface area contributed by atoms with Crippen LogP contribution in [0.2, 0.25) is 0 Å². The maximum atomic E-state index is 12.5. The number of ketones is 1. The van der Waals surface area contributed by atoms with E-state index >= 15 is 0 Å². The van der Waals surface area contributed by atoms with Gasteiger partial charge >= 0.3 is 7.60 Å². The van der Waals surface area contributed by atoms with Gasteiger partial charge < -0.3 is 14.2 Å². The van der Waals surface area contributed by atoms with E-state index in [1.54, 1.807) is 20.8 Å². The first-order valence-corrected chi connectivity index (χ1v) is 7.58. The van der Waals surface area contributed by atoms with Crippen molar-refractivity contribution in [1.29, 1.82) is 0 Å². The van der Waals surface area contributed by atoms with E-state index in [-0.39, 0.29) is 25.4 Å². The quantitative estimate of drug-likeness (QED) is 0.648. The van der Waals surface area contributed by atoms with Gasteiger partial charge in [0.25, 0.3) is 0 Å². The average Bonchev–Trinajstić information content (AvgIpc) is 2.25. The summed E-state index contributed by atoms with van der Waals surface area (Å²) in [5, 5.41) is 9.87. The molecule has 0 bridgehead atoms. The lowest BCUT2D eigenvalue weighted by molar-refractivity contribution is -0.117. The van der Waals surface area contributed by atoms with E-state index in [0.717, 1.165) is 0 Å². The zero-order valence-corrected chi connectivity index (χ0v) is 11.9. The molecule has 0 amide bonds. The molecule has 0 spiro atoms. The van der Waals surface area contributed by atoms with Gasteiger partial charge in [0.15, 0.2) is 0 Å². The summed E-state index contributed by atoms with van der Waals surface area (Å²) < 4.78 is 22.8. The van der Waals surface area contributed by atoms with Crippen LogP contribution in [0.5, 0.6) is 0 Å². The van der Waals surface area contributed by atoms with E-state index in [1.807, 2.05) is 0 Å². The normalized spacial score (nSPS) is 15.6. The third kappa shape index (κ3) is 5.30. The minimum absolute atomic E-state index is 0.00623. The highest BCUT2D eigenvalue weighted by Crippen LogP contribution is 2.55. The minimum Gasteiger partial charge on any atom is -0.392 e. The minimum atomic E-state index is -3.43. The first kappa shape index (κ1) is 16.8. The first-order valence-electron chi connectivity index (χ1n) is 5.97. The molecule has 0 aromatic rings. The molecule has 5 nitrogen and oxygen atoms in total. The van der Waals surface area contributed by atoms with Crippen molar-refractivity contribution in [3.63, 3.8) is 0 Å². The molecule has 0 heterocycles. The molecule has 6 heteroatoms. The predicted molar refractivity (Wildman–Crippen MR) is 66.2 cm³/mol. The molecule has 0 aromatic heterocycles. The molecular weight excluding hydrogens is 243 g/mol. The van der Waals surface area contributed by atoms with Gasteiger partial charge in [0.2, 0.25) is 0 Å². The van der Waals surface area contributed by atoms with Gasteiger partial charge in [-0.15, -0.1) is 0 Å². The summed E-state index contributed by atoms with van der Waals surface area (Å²) in [5.41, 5.74) is -0.773. The van der Waals surface area contributed by atoms with E-state index < -0.39 is 19.4 Å². The smallest absolute Gasteiger partial charge is 0.336 e. The number of hydrogen-bond donors (Lipinski definition) is 1. The van der Waals surface area contributed by atoms with Gasteiger partial charge in [-0.25, -0.2) is 0 Å². The summed E-state index contributed by atoms with van der Waals surface area (Å²) in [6.45, 7) is 7.02. The molecule has 0 aliphatic rings. The molecule has 0 aliphatic heterocycles. The van der Waals surface area contributed by atoms with E-state index in [2.05, 4.69) is 0 Å². The molecule has 2 atom stereocenters. The Labute approximate surface area is 103 Å². The van der Waals surface area contributed by atoms with Crippen LogP contribution in [0.3, 0.4) is 0 Å². The van der Waals surface area contributed by atoms with Gasteiger partial charge in [0.05, 0.1) is 25.0 Å². The Hall–Kier alpha value is -0.220. The largest absolute Gasteiger partial charge is 0.392 e. The van der Waals surface area contributed by atoms with E-state index in [4.69, 9.17) is 9.05 Å². The molecule has 0 rings (SSSR count). The van der Waals surface area contributed by atoms with Crippen molar-refractivity contribution < 1.29 is 23.5 Å². The van der Waals surface area contributed by atoms with Crippen molar-refractivity contribution in [3.8, 4) is 0 Å². The van der Waals surface area contributed by atoms with Crippen molar-refractivity contribution in [2.75, 3.05) is 13.2 Å². The lowest BCUT2D eigenvalue weighted by Crippen LogP contribution is -2.29. The zero-order chi connectivity index (χ0) is 13.5. The third-order valence-electron chi connectivity index (χ3n) is 2.38. The highest BCUT2D eigenvalue weighted by molar-refractivity contribution is 7.54. The van der Waals surface area contributed by atoms with E-state index in [0.29, 0.717) is 6.42 Å². The lowest BCUT2D eigenvalue weighted by Gasteiger charge is -2.28. The molecule has 0 fully saturated rings. The van der Waals surface area contributed by atoms with Gasteiger partial charge in [-0.05, 0) is 27.2 Å². The van der Waals surface area contributed by atoms with Crippen LogP contribution in [-0.2, 0) is 18.4 Å². The second-order valence-corrected chi connectivity index (χ2v) is 6.08. The monoisotopic (exact) mass is 266 g/mol. The molecule has 0 saturated heterocycles. The number of carbonyl (C=O) groups excluding carboxylic acids is 1. The fraction of sp³-hybridized carbons (Fsp3) is 0.909. The van der Waals surface area contributed by atoms with Crippen LogP contribution in [0.15, 0.2) is 0 Å². The van der Waals surface area contributed by atoms with Crippen LogP contribution in [0, 0.1) is 0 Å². The van der Waals surface area contributed by atoms with Crippen LogP contribution >= 0.6 is 7.60 Å². The number of aliphatic hydroxyl groups is 1. The molecule has 2 unspecified atom stereocenters. The van der Waals surface area contributed by atoms with Crippen molar-refractivity contribution >= 4 is 13.4 Å². The van der Waals surface area contributed by atoms with Crippen LogP contribution in [0.1, 0.15) is 40.5 Å². The van der Waals surface area contributed by atoms with Gasteiger partial charge in [-0.2, -0.15) is 0 Å². The van der Waals surface area contributed by atoms with Crippen molar-refractivity contribution in [1.82, 2.24) is 0 Å².